The first kappa shape index (κ1) is 23.4. The zero-order valence-electron chi connectivity index (χ0n) is 17.4. The van der Waals surface area contributed by atoms with Crippen LogP contribution in [0.1, 0.15) is 11.1 Å². The fraction of sp³-hybridized carbons (Fsp3) is 0.455. The third-order valence-electron chi connectivity index (χ3n) is 5.12. The molecular formula is C22H32IN5O. The summed E-state index contributed by atoms with van der Waals surface area (Å²) in [6, 6.07) is 12.1. The maximum absolute atomic E-state index is 5.81. The number of nitrogens with one attached hydrogen (secondary N) is 1. The van der Waals surface area contributed by atoms with E-state index in [0.29, 0.717) is 0 Å². The summed E-state index contributed by atoms with van der Waals surface area (Å²) in [4.78, 5) is 13.4. The Balaban J connectivity index is 0.00000300. The second kappa shape index (κ2) is 12.6. The number of guanidine groups is 1. The summed E-state index contributed by atoms with van der Waals surface area (Å²) in [5.41, 5.74) is 2.58. The third kappa shape index (κ3) is 7.47. The van der Waals surface area contributed by atoms with Gasteiger partial charge in [0.1, 0.15) is 12.4 Å². The average Bonchev–Trinajstić information content (AvgIpc) is 2.74. The molecule has 0 atom stereocenters. The van der Waals surface area contributed by atoms with Gasteiger partial charge < -0.3 is 15.0 Å². The van der Waals surface area contributed by atoms with Crippen molar-refractivity contribution in [1.29, 1.82) is 0 Å². The van der Waals surface area contributed by atoms with Gasteiger partial charge in [0.25, 0.3) is 0 Å². The molecule has 1 N–H and O–H groups in total. The van der Waals surface area contributed by atoms with Gasteiger partial charge in [-0.3, -0.25) is 14.9 Å². The van der Waals surface area contributed by atoms with Crippen molar-refractivity contribution in [2.24, 2.45) is 4.99 Å². The van der Waals surface area contributed by atoms with Crippen molar-refractivity contribution in [2.75, 3.05) is 52.9 Å². The highest BCUT2D eigenvalue weighted by Crippen LogP contribution is 2.09. The van der Waals surface area contributed by atoms with E-state index in [2.05, 4.69) is 38.1 Å². The van der Waals surface area contributed by atoms with Crippen molar-refractivity contribution in [3.05, 3.63) is 59.9 Å². The first-order valence-corrected chi connectivity index (χ1v) is 10.0. The van der Waals surface area contributed by atoms with E-state index in [1.165, 1.54) is 11.1 Å². The van der Waals surface area contributed by atoms with Crippen LogP contribution in [0.5, 0.6) is 5.75 Å². The molecule has 0 unspecified atom stereocenters. The van der Waals surface area contributed by atoms with Crippen molar-refractivity contribution in [3.63, 3.8) is 0 Å². The predicted octanol–water partition coefficient (Wildman–Crippen LogP) is 2.82. The standard InChI is InChI=1S/C22H31N5O.HI/c1-19-18-24-10-8-20(19)9-11-25-22(23-2)27-14-12-26(13-15-27)16-17-28-21-6-4-3-5-7-21;/h3-8,10,18H,9,11-17H2,1-2H3,(H,23,25);1H. The van der Waals surface area contributed by atoms with Crippen LogP contribution >= 0.6 is 24.0 Å². The van der Waals surface area contributed by atoms with Crippen LogP contribution in [0.4, 0.5) is 0 Å². The molecule has 6 nitrogen and oxygen atoms in total. The number of piperazine rings is 1. The summed E-state index contributed by atoms with van der Waals surface area (Å²) >= 11 is 0. The Labute approximate surface area is 191 Å². The molecular weight excluding hydrogens is 477 g/mol. The Morgan fingerprint density at radius 1 is 1.14 bits per heavy atom. The lowest BCUT2D eigenvalue weighted by Crippen LogP contribution is -2.53. The van der Waals surface area contributed by atoms with Crippen LogP contribution in [-0.4, -0.2) is 73.7 Å². The maximum atomic E-state index is 5.81. The van der Waals surface area contributed by atoms with Crippen LogP contribution in [0.15, 0.2) is 53.8 Å². The Hall–Kier alpha value is -1.87. The van der Waals surface area contributed by atoms with E-state index in [4.69, 9.17) is 4.74 Å². The van der Waals surface area contributed by atoms with Gasteiger partial charge in [-0.25, -0.2) is 0 Å². The van der Waals surface area contributed by atoms with Crippen LogP contribution in [0.25, 0.3) is 0 Å². The molecule has 1 fully saturated rings. The van der Waals surface area contributed by atoms with Crippen molar-refractivity contribution in [2.45, 2.75) is 13.3 Å². The minimum Gasteiger partial charge on any atom is -0.492 e. The summed E-state index contributed by atoms with van der Waals surface area (Å²) in [6.45, 7) is 8.70. The summed E-state index contributed by atoms with van der Waals surface area (Å²) in [5.74, 6) is 1.93. The van der Waals surface area contributed by atoms with Crippen molar-refractivity contribution in [1.82, 2.24) is 20.1 Å². The van der Waals surface area contributed by atoms with Gasteiger partial charge in [-0.15, -0.1) is 24.0 Å². The minimum atomic E-state index is 0. The highest BCUT2D eigenvalue weighted by molar-refractivity contribution is 14.0. The topological polar surface area (TPSA) is 53.0 Å². The molecule has 1 aliphatic rings. The maximum Gasteiger partial charge on any atom is 0.193 e. The molecule has 0 radical (unpaired) electrons. The van der Waals surface area contributed by atoms with E-state index < -0.39 is 0 Å². The van der Waals surface area contributed by atoms with Crippen LogP contribution < -0.4 is 10.1 Å². The smallest absolute Gasteiger partial charge is 0.193 e. The molecule has 158 valence electrons. The van der Waals surface area contributed by atoms with Gasteiger partial charge in [0.2, 0.25) is 0 Å². The molecule has 1 aliphatic heterocycles. The zero-order chi connectivity index (χ0) is 19.6. The summed E-state index contributed by atoms with van der Waals surface area (Å²) < 4.78 is 5.81. The molecule has 2 heterocycles. The van der Waals surface area contributed by atoms with Crippen molar-refractivity contribution in [3.8, 4) is 5.75 Å². The van der Waals surface area contributed by atoms with E-state index in [-0.39, 0.29) is 24.0 Å². The van der Waals surface area contributed by atoms with Crippen molar-refractivity contribution < 1.29 is 4.74 Å². The first-order chi connectivity index (χ1) is 13.8. The number of ether oxygens (including phenoxy) is 1. The number of hydrogen-bond acceptors (Lipinski definition) is 4. The molecule has 0 amide bonds. The molecule has 1 saturated heterocycles. The van der Waals surface area contributed by atoms with Gasteiger partial charge in [-0.2, -0.15) is 0 Å². The number of benzene rings is 1. The lowest BCUT2D eigenvalue weighted by molar-refractivity contribution is 0.152. The SMILES string of the molecule is CN=C(NCCc1ccncc1C)N1CCN(CCOc2ccccc2)CC1.I. The molecule has 0 spiro atoms. The van der Waals surface area contributed by atoms with E-state index in [0.717, 1.165) is 64.0 Å². The summed E-state index contributed by atoms with van der Waals surface area (Å²) in [5, 5.41) is 3.51. The molecule has 1 aromatic carbocycles. The van der Waals surface area contributed by atoms with E-state index in [1.807, 2.05) is 49.8 Å². The van der Waals surface area contributed by atoms with Crippen LogP contribution in [0, 0.1) is 6.92 Å². The molecule has 2 aromatic rings. The Morgan fingerprint density at radius 3 is 2.59 bits per heavy atom. The Morgan fingerprint density at radius 2 is 1.90 bits per heavy atom. The number of aryl methyl sites for hydroxylation is 1. The number of aliphatic imine (C=N–C) groups is 1. The van der Waals surface area contributed by atoms with Gasteiger partial charge in [-0.05, 0) is 42.7 Å². The number of nitrogens with zero attached hydrogens (tertiary/aromatic N) is 4. The highest BCUT2D eigenvalue weighted by atomic mass is 127. The molecule has 3 rings (SSSR count). The zero-order valence-corrected chi connectivity index (χ0v) is 19.7. The number of aromatic nitrogens is 1. The Bertz CT molecular complexity index is 748. The molecule has 1 aromatic heterocycles. The number of hydrogen-bond donors (Lipinski definition) is 1. The third-order valence-corrected chi connectivity index (χ3v) is 5.12. The molecule has 29 heavy (non-hydrogen) atoms. The van der Waals surface area contributed by atoms with Crippen LogP contribution in [-0.2, 0) is 6.42 Å². The van der Waals surface area contributed by atoms with Gasteiger partial charge >= 0.3 is 0 Å². The number of rotatable bonds is 7. The van der Waals surface area contributed by atoms with E-state index >= 15 is 0 Å². The highest BCUT2D eigenvalue weighted by Gasteiger charge is 2.19. The fourth-order valence-electron chi connectivity index (χ4n) is 3.42. The fourth-order valence-corrected chi connectivity index (χ4v) is 3.42. The van der Waals surface area contributed by atoms with Gasteiger partial charge in [0.15, 0.2) is 5.96 Å². The molecule has 0 bridgehead atoms. The van der Waals surface area contributed by atoms with Gasteiger partial charge in [0.05, 0.1) is 0 Å². The minimum absolute atomic E-state index is 0. The van der Waals surface area contributed by atoms with Crippen LogP contribution in [0.3, 0.4) is 0 Å². The normalized spacial score (nSPS) is 15.0. The average molecular weight is 509 g/mol. The number of para-hydroxylation sites is 1. The largest absolute Gasteiger partial charge is 0.492 e. The Kier molecular flexibility index (Phi) is 10.2. The first-order valence-electron chi connectivity index (χ1n) is 10.0. The number of halogens is 1. The van der Waals surface area contributed by atoms with Gasteiger partial charge in [0, 0.05) is 58.7 Å². The lowest BCUT2D eigenvalue weighted by atomic mass is 10.1. The molecule has 0 aliphatic carbocycles. The van der Waals surface area contributed by atoms with Crippen molar-refractivity contribution >= 4 is 29.9 Å². The van der Waals surface area contributed by atoms with E-state index in [9.17, 15) is 0 Å². The quantitative estimate of drug-likeness (QED) is 0.354. The summed E-state index contributed by atoms with van der Waals surface area (Å²) in [6.07, 6.45) is 4.76. The number of pyridine rings is 1. The molecule has 7 heteroatoms. The lowest BCUT2D eigenvalue weighted by Gasteiger charge is -2.36. The summed E-state index contributed by atoms with van der Waals surface area (Å²) in [7, 11) is 1.86. The molecule has 0 saturated carbocycles. The predicted molar refractivity (Wildman–Crippen MR) is 129 cm³/mol. The second-order valence-electron chi connectivity index (χ2n) is 7.02. The van der Waals surface area contributed by atoms with Gasteiger partial charge in [-0.1, -0.05) is 18.2 Å². The van der Waals surface area contributed by atoms with Crippen LogP contribution in [0.2, 0.25) is 0 Å². The second-order valence-corrected chi connectivity index (χ2v) is 7.02. The monoisotopic (exact) mass is 509 g/mol. The van der Waals surface area contributed by atoms with E-state index in [1.54, 1.807) is 0 Å².